The molecule has 8 heteroatoms. The first-order valence-electron chi connectivity index (χ1n) is 5.88. The van der Waals surface area contributed by atoms with Crippen LogP contribution in [0, 0.1) is 10.1 Å². The lowest BCUT2D eigenvalue weighted by molar-refractivity contribution is -0.496. The summed E-state index contributed by atoms with van der Waals surface area (Å²) in [5.41, 5.74) is 0.618. The molecule has 0 aromatic heterocycles. The molecule has 0 radical (unpaired) electrons. The second-order valence-electron chi connectivity index (χ2n) is 4.07. The number of hydrogen-bond acceptors (Lipinski definition) is 5. The zero-order chi connectivity index (χ0) is 15.2. The molecule has 0 bridgehead atoms. The molecular formula is C13H11N2O5S-. The van der Waals surface area contributed by atoms with Gasteiger partial charge in [0.25, 0.3) is 0 Å². The Labute approximate surface area is 123 Å². The van der Waals surface area contributed by atoms with E-state index in [1.807, 2.05) is 6.07 Å². The fourth-order valence-corrected chi connectivity index (χ4v) is 2.04. The smallest absolute Gasteiger partial charge is 0.229 e. The molecule has 0 saturated carbocycles. The molecule has 0 spiro atoms. The average Bonchev–Trinajstić information content (AvgIpc) is 2.42. The minimum Gasteiger partial charge on any atom is -0.755 e. The van der Waals surface area contributed by atoms with Gasteiger partial charge in [-0.1, -0.05) is 24.3 Å². The third-order valence-corrected chi connectivity index (χ3v) is 2.91. The van der Waals surface area contributed by atoms with Crippen LogP contribution in [0.4, 0.5) is 5.69 Å². The first-order valence-corrected chi connectivity index (χ1v) is 6.95. The Hall–Kier alpha value is -2.45. The fourth-order valence-electron chi connectivity index (χ4n) is 1.69. The van der Waals surface area contributed by atoms with E-state index in [4.69, 9.17) is 4.74 Å². The van der Waals surface area contributed by atoms with Crippen LogP contribution in [0.5, 0.6) is 11.5 Å². The third-order valence-electron chi connectivity index (χ3n) is 2.52. The van der Waals surface area contributed by atoms with E-state index in [1.165, 1.54) is 18.2 Å². The van der Waals surface area contributed by atoms with Crippen molar-refractivity contribution in [1.29, 1.82) is 0 Å². The molecule has 7 nitrogen and oxygen atoms in total. The van der Waals surface area contributed by atoms with Crippen LogP contribution in [0.3, 0.4) is 0 Å². The van der Waals surface area contributed by atoms with Gasteiger partial charge in [-0.25, -0.2) is 0 Å². The number of nitro groups is 1. The normalized spacial score (nSPS) is 11.7. The van der Waals surface area contributed by atoms with Crippen molar-refractivity contribution >= 4 is 17.0 Å². The maximum absolute atomic E-state index is 10.8. The number of ether oxygens (including phenoxy) is 1. The van der Waals surface area contributed by atoms with Gasteiger partial charge in [0, 0.05) is 21.8 Å². The Morgan fingerprint density at radius 1 is 1.19 bits per heavy atom. The van der Waals surface area contributed by atoms with Crippen molar-refractivity contribution < 1.29 is 18.4 Å². The number of nitrogens with one attached hydrogen (secondary N) is 1. The zero-order valence-corrected chi connectivity index (χ0v) is 11.5. The molecule has 2 aromatic rings. The Morgan fingerprint density at radius 3 is 2.52 bits per heavy atom. The summed E-state index contributed by atoms with van der Waals surface area (Å²) in [6.45, 7) is -0.369. The largest absolute Gasteiger partial charge is 0.755 e. The van der Waals surface area contributed by atoms with Gasteiger partial charge < -0.3 is 14.0 Å². The number of anilines is 1. The van der Waals surface area contributed by atoms with E-state index in [2.05, 4.69) is 4.72 Å². The van der Waals surface area contributed by atoms with E-state index in [1.54, 1.807) is 24.3 Å². The zero-order valence-electron chi connectivity index (χ0n) is 10.7. The minimum atomic E-state index is -2.52. The summed E-state index contributed by atoms with van der Waals surface area (Å²) in [6, 6.07) is 13.0. The van der Waals surface area contributed by atoms with E-state index < -0.39 is 16.2 Å². The van der Waals surface area contributed by atoms with Crippen molar-refractivity contribution in [2.45, 2.75) is 6.54 Å². The van der Waals surface area contributed by atoms with Gasteiger partial charge in [-0.15, -0.1) is 0 Å². The van der Waals surface area contributed by atoms with Gasteiger partial charge in [-0.3, -0.25) is 14.3 Å². The van der Waals surface area contributed by atoms with Crippen LogP contribution in [-0.4, -0.2) is 13.7 Å². The first-order chi connectivity index (χ1) is 10.0. The van der Waals surface area contributed by atoms with Crippen LogP contribution in [0.2, 0.25) is 0 Å². The number of rotatable bonds is 6. The monoisotopic (exact) mass is 307 g/mol. The van der Waals surface area contributed by atoms with Crippen LogP contribution in [0.1, 0.15) is 5.56 Å². The molecular weight excluding hydrogens is 296 g/mol. The van der Waals surface area contributed by atoms with Crippen LogP contribution >= 0.6 is 0 Å². The topological polar surface area (TPSA) is 105 Å². The minimum absolute atomic E-state index is 0.199. The number of nitrogens with zero attached hydrogens (tertiary/aromatic N) is 1. The average molecular weight is 307 g/mol. The van der Waals surface area contributed by atoms with Crippen molar-refractivity contribution in [3.05, 3.63) is 64.2 Å². The molecule has 1 atom stereocenters. The SMILES string of the molecule is O=[N+]([O-])Cc1ccc(NS(=O)[O-])c(Oc2ccccc2)c1. The maximum atomic E-state index is 10.8. The number of benzene rings is 2. The highest BCUT2D eigenvalue weighted by Gasteiger charge is 2.10. The van der Waals surface area contributed by atoms with Crippen LogP contribution in [0.25, 0.3) is 0 Å². The van der Waals surface area contributed by atoms with Crippen molar-refractivity contribution in [3.8, 4) is 11.5 Å². The summed E-state index contributed by atoms with van der Waals surface area (Å²) in [4.78, 5) is 10.1. The second-order valence-corrected chi connectivity index (χ2v) is 4.75. The van der Waals surface area contributed by atoms with E-state index in [9.17, 15) is 18.9 Å². The lowest BCUT2D eigenvalue weighted by Gasteiger charge is -2.15. The lowest BCUT2D eigenvalue weighted by Crippen LogP contribution is -2.05. The van der Waals surface area contributed by atoms with E-state index in [0.717, 1.165) is 0 Å². The summed E-state index contributed by atoms with van der Waals surface area (Å²) in [6.07, 6.45) is 0. The predicted molar refractivity (Wildman–Crippen MR) is 76.2 cm³/mol. The highest BCUT2D eigenvalue weighted by molar-refractivity contribution is 7.80. The molecule has 1 unspecified atom stereocenters. The van der Waals surface area contributed by atoms with Gasteiger partial charge in [-0.05, 0) is 24.3 Å². The number of para-hydroxylation sites is 1. The molecule has 2 aromatic carbocycles. The summed E-state index contributed by atoms with van der Waals surface area (Å²) in [5.74, 6) is 0.695. The predicted octanol–water partition coefficient (Wildman–Crippen LogP) is 2.46. The Balaban J connectivity index is 2.33. The molecule has 0 fully saturated rings. The molecule has 1 N–H and O–H groups in total. The summed E-state index contributed by atoms with van der Waals surface area (Å²) in [7, 11) is 0. The Bertz CT molecular complexity index is 663. The molecule has 0 aliphatic heterocycles. The lowest BCUT2D eigenvalue weighted by atomic mass is 10.2. The van der Waals surface area contributed by atoms with Gasteiger partial charge in [0.05, 0.1) is 5.69 Å². The Kier molecular flexibility index (Phi) is 4.85. The maximum Gasteiger partial charge on any atom is 0.229 e. The van der Waals surface area contributed by atoms with Gasteiger partial charge >= 0.3 is 0 Å². The van der Waals surface area contributed by atoms with Crippen molar-refractivity contribution in [3.63, 3.8) is 0 Å². The van der Waals surface area contributed by atoms with Crippen molar-refractivity contribution in [2.75, 3.05) is 4.72 Å². The molecule has 0 saturated heterocycles. The molecule has 0 heterocycles. The summed E-state index contributed by atoms with van der Waals surface area (Å²) in [5, 5.41) is 10.6. The molecule has 21 heavy (non-hydrogen) atoms. The van der Waals surface area contributed by atoms with E-state index in [-0.39, 0.29) is 18.0 Å². The summed E-state index contributed by atoms with van der Waals surface area (Å²) >= 11 is -2.52. The van der Waals surface area contributed by atoms with Crippen LogP contribution in [0.15, 0.2) is 48.5 Å². The van der Waals surface area contributed by atoms with Crippen LogP contribution < -0.4 is 9.46 Å². The highest BCUT2D eigenvalue weighted by atomic mass is 32.2. The second kappa shape index (κ2) is 6.82. The summed E-state index contributed by atoms with van der Waals surface area (Å²) < 4.78 is 29.3. The van der Waals surface area contributed by atoms with E-state index in [0.29, 0.717) is 11.3 Å². The Morgan fingerprint density at radius 2 is 1.90 bits per heavy atom. The molecule has 0 aliphatic rings. The van der Waals surface area contributed by atoms with Gasteiger partial charge in [0.1, 0.15) is 5.75 Å². The standard InChI is InChI=1S/C13H12N2O5S/c16-15(17)9-10-6-7-12(14-21(18)19)13(8-10)20-11-4-2-1-3-5-11/h1-8,14H,9H2,(H,18,19)/p-1. The van der Waals surface area contributed by atoms with Gasteiger partial charge in [0.2, 0.25) is 6.54 Å². The molecule has 2 rings (SSSR count). The quantitative estimate of drug-likeness (QED) is 0.501. The van der Waals surface area contributed by atoms with Gasteiger partial charge in [-0.2, -0.15) is 0 Å². The fraction of sp³-hybridized carbons (Fsp3) is 0.0769. The van der Waals surface area contributed by atoms with Crippen LogP contribution in [-0.2, 0) is 17.8 Å². The first kappa shape index (κ1) is 14.9. The third kappa shape index (κ3) is 4.55. The van der Waals surface area contributed by atoms with Crippen molar-refractivity contribution in [1.82, 2.24) is 0 Å². The molecule has 110 valence electrons. The number of hydrogen-bond donors (Lipinski definition) is 1. The molecule has 0 amide bonds. The van der Waals surface area contributed by atoms with Gasteiger partial charge in [0.15, 0.2) is 5.75 Å². The van der Waals surface area contributed by atoms with E-state index >= 15 is 0 Å². The van der Waals surface area contributed by atoms with Crippen molar-refractivity contribution in [2.24, 2.45) is 0 Å². The molecule has 0 aliphatic carbocycles. The highest BCUT2D eigenvalue weighted by Crippen LogP contribution is 2.31.